The highest BCUT2D eigenvalue weighted by atomic mass is 35.5. The topological polar surface area (TPSA) is 99.4 Å². The monoisotopic (exact) mass is 514 g/mol. The molecule has 2 aromatic heterocycles. The molecule has 176 valence electrons. The number of ether oxygens (including phenoxy) is 1. The molecule has 0 spiro atoms. The highest BCUT2D eigenvalue weighted by Gasteiger charge is 2.15. The van der Waals surface area contributed by atoms with Crippen LogP contribution >= 0.6 is 22.9 Å². The Morgan fingerprint density at radius 3 is 2.71 bits per heavy atom. The van der Waals surface area contributed by atoms with Crippen LogP contribution in [0.3, 0.4) is 0 Å². The first kappa shape index (κ1) is 24.3. The smallest absolute Gasteiger partial charge is 0.175 e. The summed E-state index contributed by atoms with van der Waals surface area (Å²) in [4.78, 5) is 18.5. The molecule has 0 unspecified atom stereocenters. The second-order valence-electron chi connectivity index (χ2n) is 7.97. The number of aromatic nitrogens is 1. The van der Waals surface area contributed by atoms with Gasteiger partial charge in [-0.25, -0.2) is 13.4 Å². The fourth-order valence-corrected chi connectivity index (χ4v) is 5.55. The molecule has 2 heterocycles. The Morgan fingerprint density at radius 2 is 1.91 bits per heavy atom. The number of sulfone groups is 1. The van der Waals surface area contributed by atoms with Crippen molar-refractivity contribution in [2.24, 2.45) is 0 Å². The van der Waals surface area contributed by atoms with Gasteiger partial charge in [-0.1, -0.05) is 41.9 Å². The van der Waals surface area contributed by atoms with Crippen LogP contribution in [0.4, 0.5) is 5.82 Å². The molecule has 34 heavy (non-hydrogen) atoms. The van der Waals surface area contributed by atoms with E-state index in [0.717, 1.165) is 26.8 Å². The molecule has 4 rings (SSSR count). The Labute approximate surface area is 207 Å². The number of thiophene rings is 1. The zero-order chi connectivity index (χ0) is 24.3. The van der Waals surface area contributed by atoms with Gasteiger partial charge in [0.2, 0.25) is 0 Å². The van der Waals surface area contributed by atoms with Crippen LogP contribution in [0.15, 0.2) is 65.7 Å². The van der Waals surface area contributed by atoms with Crippen LogP contribution in [-0.4, -0.2) is 25.4 Å². The summed E-state index contributed by atoms with van der Waals surface area (Å²) in [6.07, 6.45) is 3.81. The van der Waals surface area contributed by atoms with Crippen molar-refractivity contribution < 1.29 is 17.9 Å². The van der Waals surface area contributed by atoms with Gasteiger partial charge in [-0.05, 0) is 47.2 Å². The van der Waals surface area contributed by atoms with E-state index in [0.29, 0.717) is 28.6 Å². The SMILES string of the molecule is CS(=O)(=O)c1cccc(COCc2sc(C(=O)CCc3ccc4c(N)nccc4c3)cc2Cl)c1. The summed E-state index contributed by atoms with van der Waals surface area (Å²) < 4.78 is 29.2. The van der Waals surface area contributed by atoms with Gasteiger partial charge in [0, 0.05) is 29.1 Å². The number of nitrogens with two attached hydrogens (primary N) is 1. The number of Topliss-reactive ketones (excluding diaryl/α,β-unsaturated/α-hetero) is 1. The number of fused-ring (bicyclic) bond motifs is 1. The van der Waals surface area contributed by atoms with Crippen molar-refractivity contribution in [3.05, 3.63) is 86.7 Å². The molecular weight excluding hydrogens is 492 g/mol. The molecule has 6 nitrogen and oxygen atoms in total. The predicted octanol–water partition coefficient (Wildman–Crippen LogP) is 5.47. The minimum absolute atomic E-state index is 0.0216. The van der Waals surface area contributed by atoms with E-state index in [4.69, 9.17) is 22.1 Å². The van der Waals surface area contributed by atoms with Gasteiger partial charge in [0.05, 0.1) is 28.0 Å². The summed E-state index contributed by atoms with van der Waals surface area (Å²) in [6.45, 7) is 0.475. The van der Waals surface area contributed by atoms with E-state index in [-0.39, 0.29) is 23.9 Å². The molecule has 0 fully saturated rings. The highest BCUT2D eigenvalue weighted by Crippen LogP contribution is 2.29. The van der Waals surface area contributed by atoms with Crippen molar-refractivity contribution >= 4 is 55.1 Å². The van der Waals surface area contributed by atoms with Crippen LogP contribution in [0.1, 0.15) is 32.1 Å². The Kier molecular flexibility index (Phi) is 7.33. The number of ketones is 1. The first-order valence-electron chi connectivity index (χ1n) is 10.5. The third-order valence-electron chi connectivity index (χ3n) is 5.36. The van der Waals surface area contributed by atoms with Gasteiger partial charge in [-0.3, -0.25) is 4.79 Å². The van der Waals surface area contributed by atoms with Gasteiger partial charge in [-0.15, -0.1) is 11.3 Å². The number of halogens is 1. The average molecular weight is 515 g/mol. The number of rotatable bonds is 9. The predicted molar refractivity (Wildman–Crippen MR) is 136 cm³/mol. The summed E-state index contributed by atoms with van der Waals surface area (Å²) in [7, 11) is -3.27. The van der Waals surface area contributed by atoms with Crippen molar-refractivity contribution in [1.82, 2.24) is 4.98 Å². The van der Waals surface area contributed by atoms with E-state index in [2.05, 4.69) is 4.98 Å². The Bertz CT molecular complexity index is 1470. The van der Waals surface area contributed by atoms with Crippen molar-refractivity contribution in [2.45, 2.75) is 31.0 Å². The molecule has 0 atom stereocenters. The van der Waals surface area contributed by atoms with Gasteiger partial charge in [0.25, 0.3) is 0 Å². The lowest BCUT2D eigenvalue weighted by Gasteiger charge is -2.05. The molecule has 0 aliphatic heterocycles. The molecule has 0 bridgehead atoms. The van der Waals surface area contributed by atoms with Gasteiger partial charge < -0.3 is 10.5 Å². The number of hydrogen-bond donors (Lipinski definition) is 1. The molecule has 0 radical (unpaired) electrons. The number of nitrogens with zero attached hydrogens (tertiary/aromatic N) is 1. The second kappa shape index (κ2) is 10.2. The van der Waals surface area contributed by atoms with Gasteiger partial charge in [0.15, 0.2) is 15.6 Å². The van der Waals surface area contributed by atoms with Crippen LogP contribution < -0.4 is 5.73 Å². The van der Waals surface area contributed by atoms with Crippen molar-refractivity contribution in [2.75, 3.05) is 12.0 Å². The molecule has 0 saturated carbocycles. The standard InChI is InChI=1S/C25H23ClN2O4S2/c1-34(30,31)19-4-2-3-17(12-19)14-32-15-24-21(26)13-23(33-24)22(29)8-6-16-5-7-20-18(11-16)9-10-28-25(20)27/h2-5,7,9-13H,6,8,14-15H2,1H3,(H2,27,28). The summed E-state index contributed by atoms with van der Waals surface area (Å²) in [5.41, 5.74) is 7.70. The number of carbonyl (C=O) groups excluding carboxylic acids is 1. The lowest BCUT2D eigenvalue weighted by Crippen LogP contribution is -1.99. The molecular formula is C25H23ClN2O4S2. The van der Waals surface area contributed by atoms with Crippen LogP contribution in [0.5, 0.6) is 0 Å². The van der Waals surface area contributed by atoms with Crippen molar-refractivity contribution in [3.8, 4) is 0 Å². The minimum atomic E-state index is -3.27. The van der Waals surface area contributed by atoms with Gasteiger partial charge in [0.1, 0.15) is 5.82 Å². The summed E-state index contributed by atoms with van der Waals surface area (Å²) in [5, 5.41) is 2.39. The molecule has 0 aliphatic carbocycles. The normalized spacial score (nSPS) is 11.7. The molecule has 0 amide bonds. The second-order valence-corrected chi connectivity index (χ2v) is 11.5. The molecule has 4 aromatic rings. The maximum Gasteiger partial charge on any atom is 0.175 e. The zero-order valence-corrected chi connectivity index (χ0v) is 20.8. The largest absolute Gasteiger partial charge is 0.383 e. The Hall–Kier alpha value is -2.78. The lowest BCUT2D eigenvalue weighted by atomic mass is 10.0. The van der Waals surface area contributed by atoms with E-state index >= 15 is 0 Å². The third-order valence-corrected chi connectivity index (χ3v) is 8.07. The molecule has 9 heteroatoms. The van der Waals surface area contributed by atoms with Crippen LogP contribution in [0.25, 0.3) is 10.8 Å². The molecule has 2 aromatic carbocycles. The van der Waals surface area contributed by atoms with E-state index in [1.165, 1.54) is 17.6 Å². The Morgan fingerprint density at radius 1 is 1.09 bits per heavy atom. The highest BCUT2D eigenvalue weighted by molar-refractivity contribution is 7.90. The maximum atomic E-state index is 12.8. The number of carbonyl (C=O) groups is 1. The quantitative estimate of drug-likeness (QED) is 0.297. The van der Waals surface area contributed by atoms with Crippen molar-refractivity contribution in [3.63, 3.8) is 0 Å². The summed E-state index contributed by atoms with van der Waals surface area (Å²) in [6, 6.07) is 16.1. The van der Waals surface area contributed by atoms with E-state index in [1.54, 1.807) is 36.5 Å². The van der Waals surface area contributed by atoms with E-state index in [1.807, 2.05) is 24.3 Å². The number of anilines is 1. The van der Waals surface area contributed by atoms with Gasteiger partial charge >= 0.3 is 0 Å². The maximum absolute atomic E-state index is 12.8. The Balaban J connectivity index is 1.35. The molecule has 0 saturated heterocycles. The average Bonchev–Trinajstić information content (AvgIpc) is 3.18. The van der Waals surface area contributed by atoms with Crippen LogP contribution in [0.2, 0.25) is 5.02 Å². The van der Waals surface area contributed by atoms with Crippen LogP contribution in [0, 0.1) is 0 Å². The van der Waals surface area contributed by atoms with E-state index < -0.39 is 9.84 Å². The van der Waals surface area contributed by atoms with Gasteiger partial charge in [-0.2, -0.15) is 0 Å². The zero-order valence-electron chi connectivity index (χ0n) is 18.5. The summed E-state index contributed by atoms with van der Waals surface area (Å²) >= 11 is 7.66. The number of aryl methyl sites for hydroxylation is 1. The molecule has 0 aliphatic rings. The number of benzene rings is 2. The fraction of sp³-hybridized carbons (Fsp3) is 0.200. The first-order chi connectivity index (χ1) is 16.2. The third kappa shape index (κ3) is 5.82. The number of hydrogen-bond acceptors (Lipinski definition) is 7. The minimum Gasteiger partial charge on any atom is -0.383 e. The van der Waals surface area contributed by atoms with Crippen LogP contribution in [-0.2, 0) is 34.2 Å². The fourth-order valence-electron chi connectivity index (χ4n) is 3.56. The lowest BCUT2D eigenvalue weighted by molar-refractivity contribution is 0.0986. The number of nitrogen functional groups attached to an aromatic ring is 1. The number of pyridine rings is 1. The molecule has 2 N–H and O–H groups in total. The van der Waals surface area contributed by atoms with Crippen molar-refractivity contribution in [1.29, 1.82) is 0 Å². The first-order valence-corrected chi connectivity index (χ1v) is 13.6. The summed E-state index contributed by atoms with van der Waals surface area (Å²) in [5.74, 6) is 0.513. The van der Waals surface area contributed by atoms with E-state index in [9.17, 15) is 13.2 Å².